The van der Waals surface area contributed by atoms with Crippen molar-refractivity contribution in [2.24, 2.45) is 10.7 Å². The number of benzene rings is 1. The van der Waals surface area contributed by atoms with Gasteiger partial charge in [-0.25, -0.2) is 5.43 Å². The second-order valence-corrected chi connectivity index (χ2v) is 4.94. The normalized spacial score (nSPS) is 13.1. The summed E-state index contributed by atoms with van der Waals surface area (Å²) in [7, 11) is 1.81. The molecule has 0 aliphatic carbocycles. The maximum atomic E-state index is 5.69. The van der Waals surface area contributed by atoms with E-state index in [4.69, 9.17) is 10.2 Å². The molecule has 1 unspecified atom stereocenters. The highest BCUT2D eigenvalue weighted by Crippen LogP contribution is 2.08. The Morgan fingerprint density at radius 2 is 2.09 bits per heavy atom. The first-order valence-corrected chi connectivity index (χ1v) is 7.27. The Balaban J connectivity index is 1.92. The molecule has 2 aromatic rings. The smallest absolute Gasteiger partial charge is 0.232 e. The highest BCUT2D eigenvalue weighted by atomic mass is 16.4. The third-order valence-electron chi connectivity index (χ3n) is 2.98. The van der Waals surface area contributed by atoms with E-state index < -0.39 is 0 Å². The zero-order chi connectivity index (χ0) is 15.8. The minimum atomic E-state index is -0.246. The largest absolute Gasteiger partial charge is 0.424 e. The van der Waals surface area contributed by atoms with Gasteiger partial charge in [0.1, 0.15) is 5.84 Å². The van der Waals surface area contributed by atoms with Gasteiger partial charge in [0, 0.05) is 26.4 Å². The Labute approximate surface area is 130 Å². The molecule has 0 radical (unpaired) electrons. The van der Waals surface area contributed by atoms with E-state index in [1.165, 1.54) is 5.56 Å². The molecule has 0 aliphatic heterocycles. The molecule has 4 N–H and O–H groups in total. The fourth-order valence-electron chi connectivity index (χ4n) is 1.91. The predicted molar refractivity (Wildman–Crippen MR) is 85.2 cm³/mol. The van der Waals surface area contributed by atoms with E-state index in [-0.39, 0.29) is 6.04 Å². The second kappa shape index (κ2) is 8.26. The molecule has 118 valence electrons. The number of nitrogens with two attached hydrogens (primary N) is 1. The summed E-state index contributed by atoms with van der Waals surface area (Å²) in [6.07, 6.45) is 1.32. The van der Waals surface area contributed by atoms with E-state index in [1.54, 1.807) is 0 Å². The lowest BCUT2D eigenvalue weighted by molar-refractivity contribution is 0.428. The van der Waals surface area contributed by atoms with Crippen molar-refractivity contribution in [1.82, 2.24) is 21.0 Å². The van der Waals surface area contributed by atoms with Gasteiger partial charge in [-0.05, 0) is 12.5 Å². The molecule has 1 aromatic carbocycles. The van der Waals surface area contributed by atoms with Crippen molar-refractivity contribution in [3.8, 4) is 0 Å². The lowest BCUT2D eigenvalue weighted by Gasteiger charge is -2.08. The molecule has 0 fully saturated rings. The first-order chi connectivity index (χ1) is 10.7. The summed E-state index contributed by atoms with van der Waals surface area (Å²) in [5.74, 6) is 1.87. The van der Waals surface area contributed by atoms with Crippen molar-refractivity contribution in [2.75, 3.05) is 13.6 Å². The fraction of sp³-hybridized carbons (Fsp3) is 0.400. The summed E-state index contributed by atoms with van der Waals surface area (Å²) < 4.78 is 5.45. The van der Waals surface area contributed by atoms with E-state index >= 15 is 0 Å². The van der Waals surface area contributed by atoms with Crippen molar-refractivity contribution in [3.05, 3.63) is 47.7 Å². The van der Waals surface area contributed by atoms with Crippen molar-refractivity contribution in [2.45, 2.75) is 25.8 Å². The number of amidine groups is 1. The van der Waals surface area contributed by atoms with Gasteiger partial charge in [0.15, 0.2) is 0 Å². The molecule has 7 nitrogen and oxygen atoms in total. The van der Waals surface area contributed by atoms with Crippen LogP contribution in [0.15, 0.2) is 39.7 Å². The van der Waals surface area contributed by atoms with Crippen LogP contribution < -0.4 is 16.6 Å². The molecule has 0 spiro atoms. The standard InChI is InChI=1S/C15H22N6O/c1-11(16)15-21-20-14(22-15)8-9-18-13(19-17-2)10-12-6-4-3-5-7-12/h3-7,11,17H,8-10,16H2,1-2H3,(H,18,19). The Morgan fingerprint density at radius 3 is 2.73 bits per heavy atom. The quantitative estimate of drug-likeness (QED) is 0.401. The van der Waals surface area contributed by atoms with Gasteiger partial charge in [-0.15, -0.1) is 10.2 Å². The van der Waals surface area contributed by atoms with Crippen LogP contribution in [0.3, 0.4) is 0 Å². The van der Waals surface area contributed by atoms with Crippen LogP contribution in [0, 0.1) is 0 Å². The van der Waals surface area contributed by atoms with Crippen LogP contribution in [0.2, 0.25) is 0 Å². The van der Waals surface area contributed by atoms with E-state index in [9.17, 15) is 0 Å². The molecule has 2 rings (SSSR count). The first-order valence-electron chi connectivity index (χ1n) is 7.27. The monoisotopic (exact) mass is 302 g/mol. The highest BCUT2D eigenvalue weighted by molar-refractivity contribution is 5.83. The molecular formula is C15H22N6O. The molecule has 0 amide bonds. The maximum absolute atomic E-state index is 5.69. The zero-order valence-electron chi connectivity index (χ0n) is 12.9. The third kappa shape index (κ3) is 4.94. The molecule has 0 saturated carbocycles. The number of aliphatic imine (C=N–C) groups is 1. The Bertz CT molecular complexity index is 593. The van der Waals surface area contributed by atoms with Gasteiger partial charge in [-0.3, -0.25) is 4.99 Å². The topological polar surface area (TPSA) is 101 Å². The molecular weight excluding hydrogens is 280 g/mol. The van der Waals surface area contributed by atoms with Crippen molar-refractivity contribution in [3.63, 3.8) is 0 Å². The number of nitrogens with zero attached hydrogens (tertiary/aromatic N) is 3. The molecule has 1 heterocycles. The van der Waals surface area contributed by atoms with Crippen LogP contribution in [0.1, 0.15) is 30.3 Å². The highest BCUT2D eigenvalue weighted by Gasteiger charge is 2.09. The summed E-state index contributed by atoms with van der Waals surface area (Å²) in [4.78, 5) is 4.54. The van der Waals surface area contributed by atoms with Gasteiger partial charge >= 0.3 is 0 Å². The van der Waals surface area contributed by atoms with Gasteiger partial charge in [-0.2, -0.15) is 0 Å². The lowest BCUT2D eigenvalue weighted by Crippen LogP contribution is -2.35. The molecule has 0 bridgehead atoms. The Kier molecular flexibility index (Phi) is 6.05. The SMILES string of the molecule is CNNC(Cc1ccccc1)=NCCc1nnc(C(C)N)o1. The molecule has 0 saturated heterocycles. The molecule has 1 atom stereocenters. The lowest BCUT2D eigenvalue weighted by atomic mass is 10.1. The molecule has 7 heteroatoms. The van der Waals surface area contributed by atoms with Gasteiger partial charge in [0.05, 0.1) is 6.04 Å². The Morgan fingerprint density at radius 1 is 1.32 bits per heavy atom. The molecule has 22 heavy (non-hydrogen) atoms. The average Bonchev–Trinajstić information content (AvgIpc) is 2.98. The number of aromatic nitrogens is 2. The summed E-state index contributed by atoms with van der Waals surface area (Å²) in [5.41, 5.74) is 12.8. The molecule has 1 aromatic heterocycles. The zero-order valence-corrected chi connectivity index (χ0v) is 12.9. The molecule has 0 aliphatic rings. The predicted octanol–water partition coefficient (Wildman–Crippen LogP) is 0.997. The minimum Gasteiger partial charge on any atom is -0.424 e. The van der Waals surface area contributed by atoms with E-state index in [0.29, 0.717) is 24.7 Å². The van der Waals surface area contributed by atoms with Crippen LogP contribution in [0.25, 0.3) is 0 Å². The summed E-state index contributed by atoms with van der Waals surface area (Å²) in [5, 5.41) is 7.86. The average molecular weight is 302 g/mol. The van der Waals surface area contributed by atoms with Gasteiger partial charge in [0.2, 0.25) is 11.8 Å². The van der Waals surface area contributed by atoms with Crippen LogP contribution in [0.4, 0.5) is 0 Å². The van der Waals surface area contributed by atoms with Gasteiger partial charge in [-0.1, -0.05) is 30.3 Å². The maximum Gasteiger partial charge on any atom is 0.232 e. The summed E-state index contributed by atoms with van der Waals surface area (Å²) >= 11 is 0. The van der Waals surface area contributed by atoms with E-state index in [0.717, 1.165) is 12.3 Å². The van der Waals surface area contributed by atoms with E-state index in [1.807, 2.05) is 32.2 Å². The van der Waals surface area contributed by atoms with Gasteiger partial charge in [0.25, 0.3) is 0 Å². The van der Waals surface area contributed by atoms with Crippen molar-refractivity contribution < 1.29 is 4.42 Å². The van der Waals surface area contributed by atoms with Crippen molar-refractivity contribution >= 4 is 5.84 Å². The summed E-state index contributed by atoms with van der Waals surface area (Å²) in [6, 6.07) is 9.92. The first kappa shape index (κ1) is 16.1. The van der Waals surface area contributed by atoms with Crippen LogP contribution >= 0.6 is 0 Å². The summed E-state index contributed by atoms with van der Waals surface area (Å²) in [6.45, 7) is 2.38. The second-order valence-electron chi connectivity index (χ2n) is 4.94. The third-order valence-corrected chi connectivity index (χ3v) is 2.98. The van der Waals surface area contributed by atoms with Gasteiger partial charge < -0.3 is 15.6 Å². The number of rotatable bonds is 7. The number of hydrogen-bond donors (Lipinski definition) is 3. The fourth-order valence-corrected chi connectivity index (χ4v) is 1.91. The van der Waals surface area contributed by atoms with Crippen LogP contribution in [0.5, 0.6) is 0 Å². The van der Waals surface area contributed by atoms with Crippen LogP contribution in [-0.4, -0.2) is 29.6 Å². The van der Waals surface area contributed by atoms with Crippen LogP contribution in [-0.2, 0) is 12.8 Å². The minimum absolute atomic E-state index is 0.246. The number of hydrazine groups is 1. The van der Waals surface area contributed by atoms with E-state index in [2.05, 4.69) is 38.2 Å². The number of hydrogen-bond acceptors (Lipinski definition) is 6. The Hall–Kier alpha value is -2.25. The number of nitrogens with one attached hydrogen (secondary N) is 2. The van der Waals surface area contributed by atoms with Crippen molar-refractivity contribution in [1.29, 1.82) is 0 Å².